The lowest BCUT2D eigenvalue weighted by atomic mass is 10.1. The minimum Gasteiger partial charge on any atom is -0.385 e. The Balaban J connectivity index is 1.86. The van der Waals surface area contributed by atoms with Crippen LogP contribution in [0.4, 0.5) is 5.69 Å². The molecule has 0 heterocycles. The Labute approximate surface area is 125 Å². The number of sulfonamides is 1. The van der Waals surface area contributed by atoms with Crippen molar-refractivity contribution in [2.45, 2.75) is 17.4 Å². The van der Waals surface area contributed by atoms with Gasteiger partial charge in [0.05, 0.1) is 4.90 Å². The lowest BCUT2D eigenvalue weighted by Gasteiger charge is -2.13. The van der Waals surface area contributed by atoms with E-state index < -0.39 is 10.0 Å². The first kappa shape index (κ1) is 15.5. The molecule has 1 unspecified atom stereocenters. The van der Waals surface area contributed by atoms with Crippen LogP contribution in [0, 0.1) is 0 Å². The molecule has 0 bridgehead atoms. The number of nitrogens with two attached hydrogens (primary N) is 2. The number of nitrogens with one attached hydrogen (secondary N) is 1. The van der Waals surface area contributed by atoms with Gasteiger partial charge in [0.2, 0.25) is 10.0 Å². The van der Waals surface area contributed by atoms with Crippen LogP contribution in [0.3, 0.4) is 0 Å². The Bertz CT molecular complexity index is 670. The van der Waals surface area contributed by atoms with Crippen molar-refractivity contribution in [3.8, 4) is 0 Å². The molecule has 0 aliphatic carbocycles. The SMILES string of the molecule is NC(CCNc1ccc(S(N)(=O)=O)cc1)c1ccccc1. The van der Waals surface area contributed by atoms with Crippen LogP contribution in [-0.2, 0) is 10.0 Å². The Kier molecular flexibility index (Phi) is 4.95. The minimum absolute atomic E-state index is 0.0256. The fraction of sp³-hybridized carbons (Fsp3) is 0.200. The normalized spacial score (nSPS) is 12.9. The van der Waals surface area contributed by atoms with Crippen molar-refractivity contribution in [1.82, 2.24) is 0 Å². The first-order valence-electron chi connectivity index (χ1n) is 6.64. The van der Waals surface area contributed by atoms with Gasteiger partial charge in [-0.25, -0.2) is 13.6 Å². The van der Waals surface area contributed by atoms with Crippen molar-refractivity contribution in [2.75, 3.05) is 11.9 Å². The van der Waals surface area contributed by atoms with E-state index in [4.69, 9.17) is 10.9 Å². The zero-order chi connectivity index (χ0) is 15.3. The van der Waals surface area contributed by atoms with Crippen LogP contribution in [0.25, 0.3) is 0 Å². The number of rotatable bonds is 6. The van der Waals surface area contributed by atoms with Crippen molar-refractivity contribution in [3.05, 3.63) is 60.2 Å². The summed E-state index contributed by atoms with van der Waals surface area (Å²) in [5.41, 5.74) is 8.04. The molecule has 0 fully saturated rings. The number of primary sulfonamides is 1. The molecule has 5 N–H and O–H groups in total. The van der Waals surface area contributed by atoms with E-state index in [1.807, 2.05) is 30.3 Å². The van der Waals surface area contributed by atoms with Gasteiger partial charge in [0.15, 0.2) is 0 Å². The predicted octanol–water partition coefficient (Wildman–Crippen LogP) is 1.84. The van der Waals surface area contributed by atoms with E-state index in [0.717, 1.165) is 17.7 Å². The summed E-state index contributed by atoms with van der Waals surface area (Å²) < 4.78 is 22.3. The first-order chi connectivity index (χ1) is 9.97. The van der Waals surface area contributed by atoms with Gasteiger partial charge in [-0.3, -0.25) is 0 Å². The average molecular weight is 305 g/mol. The fourth-order valence-electron chi connectivity index (χ4n) is 2.00. The summed E-state index contributed by atoms with van der Waals surface area (Å²) in [6.07, 6.45) is 0.779. The molecule has 0 aromatic heterocycles. The van der Waals surface area contributed by atoms with Crippen LogP contribution < -0.4 is 16.2 Å². The second kappa shape index (κ2) is 6.71. The Morgan fingerprint density at radius 1 is 1.00 bits per heavy atom. The molecule has 5 nitrogen and oxygen atoms in total. The fourth-order valence-corrected chi connectivity index (χ4v) is 2.52. The second-order valence-electron chi connectivity index (χ2n) is 4.80. The van der Waals surface area contributed by atoms with Gasteiger partial charge in [0.25, 0.3) is 0 Å². The van der Waals surface area contributed by atoms with E-state index in [9.17, 15) is 8.42 Å². The highest BCUT2D eigenvalue weighted by Gasteiger charge is 2.07. The standard InChI is InChI=1S/C15H19N3O2S/c16-15(12-4-2-1-3-5-12)10-11-18-13-6-8-14(9-7-13)21(17,19)20/h1-9,15,18H,10-11,16H2,(H2,17,19,20). The van der Waals surface area contributed by atoms with E-state index in [1.54, 1.807) is 12.1 Å². The zero-order valence-electron chi connectivity index (χ0n) is 11.6. The highest BCUT2D eigenvalue weighted by atomic mass is 32.2. The number of benzene rings is 2. The highest BCUT2D eigenvalue weighted by Crippen LogP contribution is 2.15. The zero-order valence-corrected chi connectivity index (χ0v) is 12.4. The van der Waals surface area contributed by atoms with Crippen molar-refractivity contribution in [2.24, 2.45) is 10.9 Å². The third-order valence-corrected chi connectivity index (χ3v) is 4.12. The van der Waals surface area contributed by atoms with E-state index >= 15 is 0 Å². The van der Waals surface area contributed by atoms with Gasteiger partial charge in [0.1, 0.15) is 0 Å². The first-order valence-corrected chi connectivity index (χ1v) is 8.19. The third-order valence-electron chi connectivity index (χ3n) is 3.20. The molecular weight excluding hydrogens is 286 g/mol. The maximum Gasteiger partial charge on any atom is 0.238 e. The summed E-state index contributed by atoms with van der Waals surface area (Å²) in [6.45, 7) is 0.699. The van der Waals surface area contributed by atoms with Crippen LogP contribution in [0.5, 0.6) is 0 Å². The van der Waals surface area contributed by atoms with Gasteiger partial charge < -0.3 is 11.1 Å². The van der Waals surface area contributed by atoms with E-state index in [-0.39, 0.29) is 10.9 Å². The molecule has 112 valence electrons. The molecule has 2 rings (SSSR count). The molecule has 0 aliphatic rings. The molecular formula is C15H19N3O2S. The van der Waals surface area contributed by atoms with E-state index in [0.29, 0.717) is 6.54 Å². The van der Waals surface area contributed by atoms with Crippen LogP contribution in [0.15, 0.2) is 59.5 Å². The highest BCUT2D eigenvalue weighted by molar-refractivity contribution is 7.89. The molecule has 0 saturated heterocycles. The Morgan fingerprint density at radius 3 is 2.19 bits per heavy atom. The Hall–Kier alpha value is -1.89. The third kappa shape index (κ3) is 4.56. The monoisotopic (exact) mass is 305 g/mol. The molecule has 0 spiro atoms. The van der Waals surface area contributed by atoms with Gasteiger partial charge >= 0.3 is 0 Å². The molecule has 1 atom stereocenters. The van der Waals surface area contributed by atoms with E-state index in [2.05, 4.69) is 5.32 Å². The van der Waals surface area contributed by atoms with Gasteiger partial charge in [0, 0.05) is 18.3 Å². The molecule has 2 aromatic rings. The smallest absolute Gasteiger partial charge is 0.238 e. The largest absolute Gasteiger partial charge is 0.385 e. The molecule has 0 aliphatic heterocycles. The van der Waals surface area contributed by atoms with Crippen molar-refractivity contribution >= 4 is 15.7 Å². The summed E-state index contributed by atoms with van der Waals surface area (Å²) in [5, 5.41) is 8.25. The number of hydrogen-bond acceptors (Lipinski definition) is 4. The van der Waals surface area contributed by atoms with Crippen LogP contribution in [0.1, 0.15) is 18.0 Å². The van der Waals surface area contributed by atoms with E-state index in [1.165, 1.54) is 12.1 Å². The van der Waals surface area contributed by atoms with Crippen molar-refractivity contribution < 1.29 is 8.42 Å². The van der Waals surface area contributed by atoms with Crippen molar-refractivity contribution in [1.29, 1.82) is 0 Å². The number of anilines is 1. The maximum atomic E-state index is 11.1. The maximum absolute atomic E-state index is 11.1. The summed E-state index contributed by atoms with van der Waals surface area (Å²) in [4.78, 5) is 0.106. The predicted molar refractivity (Wildman–Crippen MR) is 84.3 cm³/mol. The summed E-state index contributed by atoms with van der Waals surface area (Å²) >= 11 is 0. The quantitative estimate of drug-likeness (QED) is 0.758. The lowest BCUT2D eigenvalue weighted by molar-refractivity contribution is 0.598. The summed E-state index contributed by atoms with van der Waals surface area (Å²) in [5.74, 6) is 0. The molecule has 0 saturated carbocycles. The van der Waals surface area contributed by atoms with Gasteiger partial charge in [-0.05, 0) is 36.2 Å². The molecule has 0 amide bonds. The lowest BCUT2D eigenvalue weighted by Crippen LogP contribution is -2.15. The topological polar surface area (TPSA) is 98.2 Å². The van der Waals surface area contributed by atoms with Crippen LogP contribution >= 0.6 is 0 Å². The average Bonchev–Trinajstić information content (AvgIpc) is 2.47. The van der Waals surface area contributed by atoms with Crippen LogP contribution in [0.2, 0.25) is 0 Å². The number of hydrogen-bond donors (Lipinski definition) is 3. The Morgan fingerprint density at radius 2 is 1.62 bits per heavy atom. The molecule has 2 aromatic carbocycles. The van der Waals surface area contributed by atoms with Gasteiger partial charge in [-0.2, -0.15) is 0 Å². The minimum atomic E-state index is -3.64. The van der Waals surface area contributed by atoms with Crippen LogP contribution in [-0.4, -0.2) is 15.0 Å². The summed E-state index contributed by atoms with van der Waals surface area (Å²) in [7, 11) is -3.64. The molecule has 21 heavy (non-hydrogen) atoms. The molecule has 6 heteroatoms. The van der Waals surface area contributed by atoms with Crippen molar-refractivity contribution in [3.63, 3.8) is 0 Å². The van der Waals surface area contributed by atoms with Gasteiger partial charge in [-0.15, -0.1) is 0 Å². The summed E-state index contributed by atoms with van der Waals surface area (Å²) in [6, 6.07) is 16.2. The molecule has 0 radical (unpaired) electrons. The second-order valence-corrected chi connectivity index (χ2v) is 6.36. The van der Waals surface area contributed by atoms with Gasteiger partial charge in [-0.1, -0.05) is 30.3 Å².